The minimum atomic E-state index is 0.240. The molecule has 1 amide bonds. The van der Waals surface area contributed by atoms with Crippen molar-refractivity contribution in [1.82, 2.24) is 24.8 Å². The Bertz CT molecular complexity index is 773. The van der Waals surface area contributed by atoms with Gasteiger partial charge in [-0.2, -0.15) is 0 Å². The van der Waals surface area contributed by atoms with Crippen molar-refractivity contribution in [1.29, 1.82) is 0 Å². The van der Waals surface area contributed by atoms with E-state index in [-0.39, 0.29) is 5.41 Å². The highest BCUT2D eigenvalue weighted by molar-refractivity contribution is 5.77. The summed E-state index contributed by atoms with van der Waals surface area (Å²) in [5, 5.41) is 0. The second-order valence-electron chi connectivity index (χ2n) is 8.47. The molecule has 1 N–H and O–H groups in total. The molecular formula is C22H31N5O. The molecule has 0 bridgehead atoms. The molecular weight excluding hydrogens is 350 g/mol. The van der Waals surface area contributed by atoms with Gasteiger partial charge in [0.2, 0.25) is 5.91 Å². The number of aromatic amines is 1. The van der Waals surface area contributed by atoms with Crippen LogP contribution in [-0.4, -0.2) is 56.8 Å². The summed E-state index contributed by atoms with van der Waals surface area (Å²) in [7, 11) is 0. The Kier molecular flexibility index (Phi) is 5.76. The molecule has 2 fully saturated rings. The summed E-state index contributed by atoms with van der Waals surface area (Å²) in [6.45, 7) is 6.93. The number of hydrogen-bond acceptors (Lipinski definition) is 4. The van der Waals surface area contributed by atoms with Crippen LogP contribution in [0.25, 0.3) is 0 Å². The summed E-state index contributed by atoms with van der Waals surface area (Å²) in [5.74, 6) is 0.305. The van der Waals surface area contributed by atoms with Crippen molar-refractivity contribution in [2.45, 2.75) is 52.0 Å². The van der Waals surface area contributed by atoms with E-state index in [2.05, 4.69) is 43.8 Å². The van der Waals surface area contributed by atoms with Crippen LogP contribution in [0.5, 0.6) is 0 Å². The van der Waals surface area contributed by atoms with Crippen LogP contribution < -0.4 is 0 Å². The third kappa shape index (κ3) is 4.43. The maximum Gasteiger partial charge on any atom is 0.222 e. The predicted octanol–water partition coefficient (Wildman–Crippen LogP) is 2.81. The number of pyridine rings is 1. The van der Waals surface area contributed by atoms with Gasteiger partial charge < -0.3 is 9.88 Å². The van der Waals surface area contributed by atoms with Crippen molar-refractivity contribution in [3.63, 3.8) is 0 Å². The van der Waals surface area contributed by atoms with Crippen LogP contribution in [0.4, 0.5) is 0 Å². The number of hydrogen-bond donors (Lipinski definition) is 1. The molecule has 2 aromatic heterocycles. The monoisotopic (exact) mass is 381 g/mol. The zero-order valence-electron chi connectivity index (χ0n) is 16.9. The van der Waals surface area contributed by atoms with E-state index in [1.54, 1.807) is 6.33 Å². The van der Waals surface area contributed by atoms with Crippen molar-refractivity contribution in [3.8, 4) is 0 Å². The van der Waals surface area contributed by atoms with Crippen LogP contribution in [-0.2, 0) is 24.2 Å². The predicted molar refractivity (Wildman–Crippen MR) is 109 cm³/mol. The molecule has 0 aromatic carbocycles. The van der Waals surface area contributed by atoms with Crippen LogP contribution in [0.1, 0.15) is 49.6 Å². The van der Waals surface area contributed by atoms with E-state index in [0.29, 0.717) is 12.3 Å². The third-order valence-electron chi connectivity index (χ3n) is 6.37. The maximum atomic E-state index is 12.5. The molecule has 0 saturated carbocycles. The number of aryl methyl sites for hydroxylation is 1. The maximum absolute atomic E-state index is 12.5. The quantitative estimate of drug-likeness (QED) is 0.836. The first-order valence-electron chi connectivity index (χ1n) is 10.6. The molecule has 28 heavy (non-hydrogen) atoms. The lowest BCUT2D eigenvalue weighted by Crippen LogP contribution is -2.54. The lowest BCUT2D eigenvalue weighted by Gasteiger charge is -2.48. The zero-order chi connectivity index (χ0) is 19.4. The average molecular weight is 382 g/mol. The lowest BCUT2D eigenvalue weighted by molar-refractivity contribution is -0.139. The van der Waals surface area contributed by atoms with E-state index in [1.807, 2.05) is 12.4 Å². The number of likely N-dealkylation sites (tertiary alicyclic amines) is 2. The van der Waals surface area contributed by atoms with Gasteiger partial charge in [0.25, 0.3) is 0 Å². The largest absolute Gasteiger partial charge is 0.348 e. The molecule has 1 unspecified atom stereocenters. The summed E-state index contributed by atoms with van der Waals surface area (Å²) in [6.07, 6.45) is 11.6. The van der Waals surface area contributed by atoms with Gasteiger partial charge in [0, 0.05) is 62.5 Å². The van der Waals surface area contributed by atoms with E-state index in [9.17, 15) is 4.79 Å². The van der Waals surface area contributed by atoms with E-state index < -0.39 is 0 Å². The highest BCUT2D eigenvalue weighted by Gasteiger charge is 2.41. The molecule has 2 aliphatic heterocycles. The van der Waals surface area contributed by atoms with Gasteiger partial charge in [0.15, 0.2) is 0 Å². The second kappa shape index (κ2) is 8.43. The van der Waals surface area contributed by atoms with Gasteiger partial charge >= 0.3 is 0 Å². The molecule has 4 rings (SSSR count). The average Bonchev–Trinajstić information content (AvgIpc) is 3.23. The molecule has 2 aliphatic rings. The topological polar surface area (TPSA) is 65.1 Å². The molecule has 0 radical (unpaired) electrons. The number of piperidine rings is 2. The van der Waals surface area contributed by atoms with Gasteiger partial charge in [0.05, 0.1) is 12.0 Å². The molecule has 150 valence electrons. The SMILES string of the molecule is CCc1ccc(CN2CCCC3(CCC(=O)N(CCc4cnc[nH]4)C3)C2)nc1. The number of aromatic nitrogens is 3. The van der Waals surface area contributed by atoms with E-state index in [0.717, 1.165) is 63.4 Å². The normalized spacial score (nSPS) is 23.5. The fraction of sp³-hybridized carbons (Fsp3) is 0.591. The fourth-order valence-electron chi connectivity index (χ4n) is 4.75. The number of amides is 1. The van der Waals surface area contributed by atoms with Gasteiger partial charge in [-0.1, -0.05) is 13.0 Å². The first-order chi connectivity index (χ1) is 13.7. The smallest absolute Gasteiger partial charge is 0.222 e. The number of H-pyrrole nitrogens is 1. The van der Waals surface area contributed by atoms with Crippen LogP contribution in [0.15, 0.2) is 30.9 Å². The summed E-state index contributed by atoms with van der Waals surface area (Å²) >= 11 is 0. The van der Waals surface area contributed by atoms with E-state index in [1.165, 1.54) is 18.4 Å². The van der Waals surface area contributed by atoms with Crippen LogP contribution in [0.3, 0.4) is 0 Å². The van der Waals surface area contributed by atoms with Gasteiger partial charge in [-0.3, -0.25) is 14.7 Å². The van der Waals surface area contributed by atoms with Crippen LogP contribution >= 0.6 is 0 Å². The highest BCUT2D eigenvalue weighted by atomic mass is 16.2. The third-order valence-corrected chi connectivity index (χ3v) is 6.37. The van der Waals surface area contributed by atoms with Crippen molar-refractivity contribution >= 4 is 5.91 Å². The molecule has 0 aliphatic carbocycles. The summed E-state index contributed by atoms with van der Waals surface area (Å²) in [6, 6.07) is 4.36. The Labute approximate surface area is 167 Å². The molecule has 6 nitrogen and oxygen atoms in total. The summed E-state index contributed by atoms with van der Waals surface area (Å²) < 4.78 is 0. The summed E-state index contributed by atoms with van der Waals surface area (Å²) in [5.41, 5.74) is 3.78. The molecule has 4 heterocycles. The minimum absolute atomic E-state index is 0.240. The van der Waals surface area contributed by atoms with E-state index >= 15 is 0 Å². The number of imidazole rings is 1. The Morgan fingerprint density at radius 3 is 2.89 bits per heavy atom. The zero-order valence-corrected chi connectivity index (χ0v) is 16.9. The number of rotatable bonds is 6. The first kappa shape index (κ1) is 19.1. The lowest BCUT2D eigenvalue weighted by atomic mass is 9.73. The van der Waals surface area contributed by atoms with Crippen molar-refractivity contribution in [3.05, 3.63) is 47.8 Å². The molecule has 1 atom stereocenters. The summed E-state index contributed by atoms with van der Waals surface area (Å²) in [4.78, 5) is 29.0. The highest BCUT2D eigenvalue weighted by Crippen LogP contribution is 2.39. The van der Waals surface area contributed by atoms with Gasteiger partial charge in [-0.25, -0.2) is 4.98 Å². The second-order valence-corrected chi connectivity index (χ2v) is 8.47. The van der Waals surface area contributed by atoms with Gasteiger partial charge in [-0.05, 0) is 43.9 Å². The number of nitrogens with zero attached hydrogens (tertiary/aromatic N) is 4. The molecule has 6 heteroatoms. The molecule has 2 saturated heterocycles. The number of nitrogens with one attached hydrogen (secondary N) is 1. The number of carbonyl (C=O) groups is 1. The van der Waals surface area contributed by atoms with Gasteiger partial charge in [-0.15, -0.1) is 0 Å². The first-order valence-corrected chi connectivity index (χ1v) is 10.6. The Hall–Kier alpha value is -2.21. The van der Waals surface area contributed by atoms with Crippen molar-refractivity contribution < 1.29 is 4.79 Å². The van der Waals surface area contributed by atoms with Crippen molar-refractivity contribution in [2.24, 2.45) is 5.41 Å². The van der Waals surface area contributed by atoms with E-state index in [4.69, 9.17) is 0 Å². The minimum Gasteiger partial charge on any atom is -0.348 e. The Balaban J connectivity index is 1.37. The Morgan fingerprint density at radius 1 is 1.21 bits per heavy atom. The number of carbonyl (C=O) groups excluding carboxylic acids is 1. The van der Waals surface area contributed by atoms with Crippen LogP contribution in [0.2, 0.25) is 0 Å². The molecule has 2 aromatic rings. The van der Waals surface area contributed by atoms with Crippen LogP contribution in [0, 0.1) is 5.41 Å². The molecule has 1 spiro atoms. The van der Waals surface area contributed by atoms with Crippen molar-refractivity contribution in [2.75, 3.05) is 26.2 Å². The Morgan fingerprint density at radius 2 is 2.14 bits per heavy atom. The fourth-order valence-corrected chi connectivity index (χ4v) is 4.75. The van der Waals surface area contributed by atoms with Gasteiger partial charge in [0.1, 0.15) is 0 Å². The standard InChI is InChI=1S/C22H31N5O/c1-2-18-4-5-20(24-12-18)14-26-10-3-8-22(15-26)9-6-21(28)27(16-22)11-7-19-13-23-17-25-19/h4-5,12-13,17H,2-3,6-11,14-16H2,1H3,(H,23,25).